The smallest absolute Gasteiger partial charge is 0.243 e. The molecule has 0 radical (unpaired) electrons. The lowest BCUT2D eigenvalue weighted by molar-refractivity contribution is -0.133. The van der Waals surface area contributed by atoms with Gasteiger partial charge in [0.15, 0.2) is 0 Å². The number of piperidine rings is 1. The Kier molecular flexibility index (Phi) is 8.16. The van der Waals surface area contributed by atoms with Crippen LogP contribution in [-0.4, -0.2) is 56.8 Å². The third kappa shape index (κ3) is 5.81. The molecule has 32 heavy (non-hydrogen) atoms. The van der Waals surface area contributed by atoms with E-state index in [1.54, 1.807) is 12.1 Å². The quantitative estimate of drug-likeness (QED) is 0.613. The third-order valence-corrected chi connectivity index (χ3v) is 8.38. The molecule has 178 valence electrons. The van der Waals surface area contributed by atoms with Crippen molar-refractivity contribution in [3.63, 3.8) is 0 Å². The van der Waals surface area contributed by atoms with Crippen LogP contribution >= 0.6 is 0 Å². The lowest BCUT2D eigenvalue weighted by Gasteiger charge is -2.32. The molecule has 1 aliphatic carbocycles. The summed E-state index contributed by atoms with van der Waals surface area (Å²) in [5.41, 5.74) is 0. The van der Waals surface area contributed by atoms with E-state index in [9.17, 15) is 18.0 Å². The van der Waals surface area contributed by atoms with Crippen LogP contribution in [0.15, 0.2) is 29.2 Å². The van der Waals surface area contributed by atoms with Crippen LogP contribution in [0.2, 0.25) is 0 Å². The van der Waals surface area contributed by atoms with Crippen LogP contribution in [0.5, 0.6) is 5.75 Å². The number of amides is 2. The molecule has 1 saturated heterocycles. The average Bonchev–Trinajstić information content (AvgIpc) is 3.30. The van der Waals surface area contributed by atoms with Crippen molar-refractivity contribution in [2.45, 2.75) is 69.4 Å². The van der Waals surface area contributed by atoms with Gasteiger partial charge in [-0.2, -0.15) is 4.31 Å². The van der Waals surface area contributed by atoms with E-state index in [0.717, 1.165) is 25.7 Å². The van der Waals surface area contributed by atoms with Crippen LogP contribution in [0.4, 0.5) is 0 Å². The number of nitrogens with zero attached hydrogens (tertiary/aromatic N) is 1. The Bertz CT molecular complexity index is 887. The number of rotatable bonds is 8. The van der Waals surface area contributed by atoms with Crippen molar-refractivity contribution in [1.29, 1.82) is 0 Å². The van der Waals surface area contributed by atoms with Crippen LogP contribution < -0.4 is 15.4 Å². The molecular weight excluding hydrogens is 430 g/mol. The third-order valence-electron chi connectivity index (χ3n) is 6.47. The minimum Gasteiger partial charge on any atom is -0.497 e. The van der Waals surface area contributed by atoms with Gasteiger partial charge in [0.1, 0.15) is 11.8 Å². The number of benzene rings is 1. The van der Waals surface area contributed by atoms with E-state index >= 15 is 0 Å². The van der Waals surface area contributed by atoms with Crippen molar-refractivity contribution >= 4 is 21.8 Å². The van der Waals surface area contributed by atoms with E-state index in [0.29, 0.717) is 18.6 Å². The maximum atomic E-state index is 12.9. The summed E-state index contributed by atoms with van der Waals surface area (Å²) < 4.78 is 32.3. The standard InChI is InChI=1S/C23H35N3O5S/c1-16(2)21(23(28)24-18-6-4-5-7-18)25-22(27)17-12-14-26(15-13-17)32(29,30)20-10-8-19(31-3)9-11-20/h8-11,16-18,21H,4-7,12-15H2,1-3H3,(H,24,28)(H,25,27)/t21-/m0/s1. The van der Waals surface area contributed by atoms with Crippen LogP contribution in [0.3, 0.4) is 0 Å². The lowest BCUT2D eigenvalue weighted by Crippen LogP contribution is -2.53. The fourth-order valence-corrected chi connectivity index (χ4v) is 5.89. The van der Waals surface area contributed by atoms with Gasteiger partial charge in [0, 0.05) is 25.0 Å². The largest absolute Gasteiger partial charge is 0.497 e. The van der Waals surface area contributed by atoms with Crippen molar-refractivity contribution < 1.29 is 22.7 Å². The second-order valence-corrected chi connectivity index (χ2v) is 11.0. The van der Waals surface area contributed by atoms with E-state index in [1.807, 2.05) is 13.8 Å². The molecule has 1 heterocycles. The van der Waals surface area contributed by atoms with Gasteiger partial charge in [0.2, 0.25) is 21.8 Å². The Hall–Kier alpha value is -2.13. The fraction of sp³-hybridized carbons (Fsp3) is 0.652. The molecule has 0 aromatic heterocycles. The number of hydrogen-bond acceptors (Lipinski definition) is 5. The molecule has 2 N–H and O–H groups in total. The highest BCUT2D eigenvalue weighted by Gasteiger charge is 2.34. The first-order valence-electron chi connectivity index (χ1n) is 11.5. The minimum absolute atomic E-state index is 0.0316. The molecular formula is C23H35N3O5S. The highest BCUT2D eigenvalue weighted by molar-refractivity contribution is 7.89. The zero-order valence-electron chi connectivity index (χ0n) is 19.2. The van der Waals surface area contributed by atoms with E-state index in [1.165, 1.54) is 23.5 Å². The van der Waals surface area contributed by atoms with Gasteiger partial charge in [0.25, 0.3) is 0 Å². The van der Waals surface area contributed by atoms with Gasteiger partial charge in [0.05, 0.1) is 12.0 Å². The minimum atomic E-state index is -3.62. The first kappa shape index (κ1) is 24.5. The van der Waals surface area contributed by atoms with Crippen LogP contribution in [0, 0.1) is 11.8 Å². The molecule has 3 rings (SSSR count). The number of carbonyl (C=O) groups excluding carboxylic acids is 2. The Morgan fingerprint density at radius 1 is 1.03 bits per heavy atom. The van der Waals surface area contributed by atoms with Crippen LogP contribution in [0.1, 0.15) is 52.4 Å². The summed E-state index contributed by atoms with van der Waals surface area (Å²) in [5, 5.41) is 6.00. The van der Waals surface area contributed by atoms with Gasteiger partial charge in [-0.3, -0.25) is 9.59 Å². The van der Waals surface area contributed by atoms with Crippen molar-refractivity contribution in [3.05, 3.63) is 24.3 Å². The summed E-state index contributed by atoms with van der Waals surface area (Å²) >= 11 is 0. The normalized spacial score (nSPS) is 19.6. The lowest BCUT2D eigenvalue weighted by atomic mass is 9.95. The Morgan fingerprint density at radius 2 is 1.62 bits per heavy atom. The molecule has 2 aliphatic rings. The Balaban J connectivity index is 1.55. The van der Waals surface area contributed by atoms with E-state index in [4.69, 9.17) is 4.74 Å². The van der Waals surface area contributed by atoms with Gasteiger partial charge >= 0.3 is 0 Å². The zero-order chi connectivity index (χ0) is 23.3. The average molecular weight is 466 g/mol. The molecule has 2 amide bonds. The second-order valence-electron chi connectivity index (χ2n) is 9.07. The van der Waals surface area contributed by atoms with Crippen LogP contribution in [-0.2, 0) is 19.6 Å². The monoisotopic (exact) mass is 465 g/mol. The number of methoxy groups -OCH3 is 1. The molecule has 1 aromatic carbocycles. The van der Waals surface area contributed by atoms with Gasteiger partial charge in [-0.1, -0.05) is 26.7 Å². The van der Waals surface area contributed by atoms with E-state index < -0.39 is 16.1 Å². The van der Waals surface area contributed by atoms with Gasteiger partial charge in [-0.25, -0.2) is 8.42 Å². The predicted molar refractivity (Wildman–Crippen MR) is 122 cm³/mol. The fourth-order valence-electron chi connectivity index (χ4n) is 4.42. The molecule has 2 fully saturated rings. The maximum Gasteiger partial charge on any atom is 0.243 e. The van der Waals surface area contributed by atoms with E-state index in [2.05, 4.69) is 10.6 Å². The highest BCUT2D eigenvalue weighted by Crippen LogP contribution is 2.25. The number of nitrogens with one attached hydrogen (secondary N) is 2. The van der Waals surface area contributed by atoms with Crippen molar-refractivity contribution in [2.75, 3.05) is 20.2 Å². The number of carbonyl (C=O) groups is 2. The summed E-state index contributed by atoms with van der Waals surface area (Å²) in [4.78, 5) is 25.8. The molecule has 9 heteroatoms. The second kappa shape index (κ2) is 10.7. The van der Waals surface area contributed by atoms with Gasteiger partial charge in [-0.15, -0.1) is 0 Å². The topological polar surface area (TPSA) is 105 Å². The van der Waals surface area contributed by atoms with Gasteiger partial charge in [-0.05, 0) is 55.9 Å². The Morgan fingerprint density at radius 3 is 2.16 bits per heavy atom. The van der Waals surface area contributed by atoms with Crippen molar-refractivity contribution in [3.8, 4) is 5.75 Å². The molecule has 1 saturated carbocycles. The SMILES string of the molecule is COc1ccc(S(=O)(=O)N2CCC(C(=O)N[C@H](C(=O)NC3CCCC3)C(C)C)CC2)cc1. The molecule has 0 spiro atoms. The predicted octanol–water partition coefficient (Wildman–Crippen LogP) is 2.30. The van der Waals surface area contributed by atoms with Gasteiger partial charge < -0.3 is 15.4 Å². The first-order valence-corrected chi connectivity index (χ1v) is 12.9. The zero-order valence-corrected chi connectivity index (χ0v) is 20.0. The van der Waals surface area contributed by atoms with E-state index in [-0.39, 0.29) is 47.7 Å². The number of ether oxygens (including phenoxy) is 1. The molecule has 1 aliphatic heterocycles. The van der Waals surface area contributed by atoms with Crippen LogP contribution in [0.25, 0.3) is 0 Å². The molecule has 0 bridgehead atoms. The number of hydrogen-bond donors (Lipinski definition) is 2. The van der Waals surface area contributed by atoms with Crippen molar-refractivity contribution in [2.24, 2.45) is 11.8 Å². The molecule has 1 atom stereocenters. The molecule has 0 unspecified atom stereocenters. The van der Waals surface area contributed by atoms with Crippen molar-refractivity contribution in [1.82, 2.24) is 14.9 Å². The maximum absolute atomic E-state index is 12.9. The summed E-state index contributed by atoms with van der Waals surface area (Å²) in [6.07, 6.45) is 5.09. The summed E-state index contributed by atoms with van der Waals surface area (Å²) in [7, 11) is -2.09. The molecule has 1 aromatic rings. The first-order chi connectivity index (χ1) is 15.2. The Labute approximate surface area is 191 Å². The molecule has 8 nitrogen and oxygen atoms in total. The number of sulfonamides is 1. The summed E-state index contributed by atoms with van der Waals surface area (Å²) in [6, 6.07) is 5.92. The summed E-state index contributed by atoms with van der Waals surface area (Å²) in [5.74, 6) is -0.0451. The summed E-state index contributed by atoms with van der Waals surface area (Å²) in [6.45, 7) is 4.38. The highest BCUT2D eigenvalue weighted by atomic mass is 32.2.